The minimum absolute atomic E-state index is 0.430. The van der Waals surface area contributed by atoms with Gasteiger partial charge in [0.05, 0.1) is 6.61 Å². The number of nitrogens with zero attached hydrogens (tertiary/aromatic N) is 1. The van der Waals surface area contributed by atoms with Gasteiger partial charge in [-0.2, -0.15) is 0 Å². The monoisotopic (exact) mass is 258 g/mol. The molecule has 1 aromatic heterocycles. The number of ether oxygens (including phenoxy) is 1. The summed E-state index contributed by atoms with van der Waals surface area (Å²) in [7, 11) is 0. The van der Waals surface area contributed by atoms with Crippen molar-refractivity contribution in [2.45, 2.75) is 18.6 Å². The lowest BCUT2D eigenvalue weighted by atomic mass is 10.0. The molecule has 0 spiro atoms. The zero-order valence-corrected chi connectivity index (χ0v) is 10.8. The molecule has 1 atom stereocenters. The van der Waals surface area contributed by atoms with E-state index in [0.717, 1.165) is 11.9 Å². The van der Waals surface area contributed by atoms with Gasteiger partial charge in [-0.15, -0.1) is 0 Å². The summed E-state index contributed by atoms with van der Waals surface area (Å²) in [5.41, 5.74) is 0.522. The minimum atomic E-state index is -0.702. The fourth-order valence-corrected chi connectivity index (χ4v) is 2.51. The number of rotatable bonds is 4. The van der Waals surface area contributed by atoms with E-state index in [-0.39, 0.29) is 0 Å². The van der Waals surface area contributed by atoms with Crippen LogP contribution < -0.4 is 5.32 Å². The average molecular weight is 258 g/mol. The molecule has 0 bridgehead atoms. The SMILES string of the molecule is OC1(CNCc2cccc3cnccc23)CCOC1. The Balaban J connectivity index is 1.68. The van der Waals surface area contributed by atoms with E-state index >= 15 is 0 Å². The topological polar surface area (TPSA) is 54.4 Å². The lowest BCUT2D eigenvalue weighted by Crippen LogP contribution is -2.40. The highest BCUT2D eigenvalue weighted by molar-refractivity contribution is 5.84. The first-order valence-corrected chi connectivity index (χ1v) is 6.59. The van der Waals surface area contributed by atoms with Gasteiger partial charge in [0.2, 0.25) is 0 Å². The molecule has 1 aliphatic rings. The van der Waals surface area contributed by atoms with Crippen molar-refractivity contribution in [2.75, 3.05) is 19.8 Å². The number of hydrogen-bond acceptors (Lipinski definition) is 4. The first-order valence-electron chi connectivity index (χ1n) is 6.59. The molecule has 4 heteroatoms. The molecule has 0 radical (unpaired) electrons. The number of fused-ring (bicyclic) bond motifs is 1. The van der Waals surface area contributed by atoms with Crippen molar-refractivity contribution < 1.29 is 9.84 Å². The molecular formula is C15H18N2O2. The number of aliphatic hydroxyl groups is 1. The van der Waals surface area contributed by atoms with E-state index in [1.165, 1.54) is 10.9 Å². The summed E-state index contributed by atoms with van der Waals surface area (Å²) in [5, 5.41) is 15.9. The molecule has 1 aromatic carbocycles. The Labute approximate surface area is 112 Å². The van der Waals surface area contributed by atoms with Crippen LogP contribution in [0.25, 0.3) is 10.8 Å². The fraction of sp³-hybridized carbons (Fsp3) is 0.400. The van der Waals surface area contributed by atoms with E-state index < -0.39 is 5.60 Å². The predicted octanol–water partition coefficient (Wildman–Crippen LogP) is 1.48. The molecular weight excluding hydrogens is 240 g/mol. The Kier molecular flexibility index (Phi) is 3.46. The van der Waals surface area contributed by atoms with E-state index in [4.69, 9.17) is 4.74 Å². The Morgan fingerprint density at radius 1 is 1.37 bits per heavy atom. The van der Waals surface area contributed by atoms with Gasteiger partial charge in [0.25, 0.3) is 0 Å². The smallest absolute Gasteiger partial charge is 0.102 e. The van der Waals surface area contributed by atoms with E-state index in [9.17, 15) is 5.11 Å². The van der Waals surface area contributed by atoms with Crippen LogP contribution in [-0.4, -0.2) is 35.5 Å². The highest BCUT2D eigenvalue weighted by atomic mass is 16.5. The van der Waals surface area contributed by atoms with Crippen LogP contribution in [0.4, 0.5) is 0 Å². The van der Waals surface area contributed by atoms with Crippen LogP contribution in [0.2, 0.25) is 0 Å². The predicted molar refractivity (Wildman–Crippen MR) is 73.8 cm³/mol. The Bertz CT molecular complexity index is 560. The molecule has 19 heavy (non-hydrogen) atoms. The normalized spacial score (nSPS) is 23.0. The summed E-state index contributed by atoms with van der Waals surface area (Å²) in [6, 6.07) is 8.23. The number of aromatic nitrogens is 1. The maximum Gasteiger partial charge on any atom is 0.102 e. The Morgan fingerprint density at radius 3 is 3.16 bits per heavy atom. The second-order valence-corrected chi connectivity index (χ2v) is 5.14. The van der Waals surface area contributed by atoms with E-state index in [0.29, 0.717) is 26.2 Å². The van der Waals surface area contributed by atoms with Crippen molar-refractivity contribution >= 4 is 10.8 Å². The summed E-state index contributed by atoms with van der Waals surface area (Å²) in [6.07, 6.45) is 4.39. The quantitative estimate of drug-likeness (QED) is 0.872. The molecule has 0 amide bonds. The molecule has 2 heterocycles. The van der Waals surface area contributed by atoms with Crippen molar-refractivity contribution in [3.8, 4) is 0 Å². The zero-order valence-electron chi connectivity index (χ0n) is 10.8. The maximum absolute atomic E-state index is 10.2. The van der Waals surface area contributed by atoms with Gasteiger partial charge in [-0.05, 0) is 17.0 Å². The second-order valence-electron chi connectivity index (χ2n) is 5.14. The van der Waals surface area contributed by atoms with Gasteiger partial charge in [0, 0.05) is 43.9 Å². The molecule has 1 saturated heterocycles. The fourth-order valence-electron chi connectivity index (χ4n) is 2.51. The summed E-state index contributed by atoms with van der Waals surface area (Å²) in [5.74, 6) is 0. The third-order valence-electron chi connectivity index (χ3n) is 3.62. The van der Waals surface area contributed by atoms with Gasteiger partial charge < -0.3 is 15.2 Å². The van der Waals surface area contributed by atoms with Crippen molar-refractivity contribution in [3.05, 3.63) is 42.2 Å². The summed E-state index contributed by atoms with van der Waals surface area (Å²) in [6.45, 7) is 2.38. The average Bonchev–Trinajstić information content (AvgIpc) is 2.86. The molecule has 2 aromatic rings. The van der Waals surface area contributed by atoms with Crippen molar-refractivity contribution in [1.29, 1.82) is 0 Å². The van der Waals surface area contributed by atoms with Gasteiger partial charge in [-0.3, -0.25) is 4.98 Å². The second kappa shape index (κ2) is 5.25. The molecule has 0 saturated carbocycles. The summed E-state index contributed by atoms with van der Waals surface area (Å²) >= 11 is 0. The van der Waals surface area contributed by atoms with Gasteiger partial charge in [-0.25, -0.2) is 0 Å². The van der Waals surface area contributed by atoms with Crippen LogP contribution in [0, 0.1) is 0 Å². The Morgan fingerprint density at radius 2 is 2.32 bits per heavy atom. The number of pyridine rings is 1. The molecule has 3 rings (SSSR count). The van der Waals surface area contributed by atoms with Crippen molar-refractivity contribution in [1.82, 2.24) is 10.3 Å². The van der Waals surface area contributed by atoms with Crippen LogP contribution in [0.3, 0.4) is 0 Å². The molecule has 100 valence electrons. The van der Waals surface area contributed by atoms with Gasteiger partial charge in [0.15, 0.2) is 0 Å². The lowest BCUT2D eigenvalue weighted by molar-refractivity contribution is 0.0269. The highest BCUT2D eigenvalue weighted by Gasteiger charge is 2.31. The largest absolute Gasteiger partial charge is 0.386 e. The summed E-state index contributed by atoms with van der Waals surface area (Å²) < 4.78 is 5.23. The van der Waals surface area contributed by atoms with Gasteiger partial charge in [0.1, 0.15) is 5.60 Å². The summed E-state index contributed by atoms with van der Waals surface area (Å²) in [4.78, 5) is 4.13. The van der Waals surface area contributed by atoms with Crippen LogP contribution in [0.5, 0.6) is 0 Å². The van der Waals surface area contributed by atoms with Gasteiger partial charge in [-0.1, -0.05) is 18.2 Å². The maximum atomic E-state index is 10.2. The van der Waals surface area contributed by atoms with Gasteiger partial charge >= 0.3 is 0 Å². The van der Waals surface area contributed by atoms with Crippen molar-refractivity contribution in [2.24, 2.45) is 0 Å². The minimum Gasteiger partial charge on any atom is -0.386 e. The highest BCUT2D eigenvalue weighted by Crippen LogP contribution is 2.19. The third kappa shape index (κ3) is 2.76. The first-order chi connectivity index (χ1) is 9.27. The van der Waals surface area contributed by atoms with Crippen LogP contribution >= 0.6 is 0 Å². The van der Waals surface area contributed by atoms with E-state index in [2.05, 4.69) is 22.4 Å². The van der Waals surface area contributed by atoms with Crippen molar-refractivity contribution in [3.63, 3.8) is 0 Å². The molecule has 0 aliphatic carbocycles. The molecule has 4 nitrogen and oxygen atoms in total. The van der Waals surface area contributed by atoms with E-state index in [1.807, 2.05) is 24.5 Å². The zero-order chi connectivity index (χ0) is 13.1. The Hall–Kier alpha value is -1.49. The molecule has 2 N–H and O–H groups in total. The number of benzene rings is 1. The first kappa shape index (κ1) is 12.5. The standard InChI is InChI=1S/C15H18N2O2/c18-15(5-7-19-11-15)10-17-9-13-3-1-2-12-8-16-6-4-14(12)13/h1-4,6,8,17-18H,5,7,9-11H2. The van der Waals surface area contributed by atoms with Crippen LogP contribution in [-0.2, 0) is 11.3 Å². The molecule has 1 aliphatic heterocycles. The molecule has 1 fully saturated rings. The lowest BCUT2D eigenvalue weighted by Gasteiger charge is -2.21. The van der Waals surface area contributed by atoms with Crippen LogP contribution in [0.1, 0.15) is 12.0 Å². The number of nitrogens with one attached hydrogen (secondary N) is 1. The molecule has 1 unspecified atom stereocenters. The van der Waals surface area contributed by atoms with E-state index in [1.54, 1.807) is 0 Å². The van der Waals surface area contributed by atoms with Crippen LogP contribution in [0.15, 0.2) is 36.7 Å². The number of hydrogen-bond donors (Lipinski definition) is 2. The third-order valence-corrected chi connectivity index (χ3v) is 3.62.